The minimum Gasteiger partial charge on any atom is -0.436 e. The van der Waals surface area contributed by atoms with Gasteiger partial charge in [-0.05, 0) is 92.1 Å². The van der Waals surface area contributed by atoms with Gasteiger partial charge >= 0.3 is 12.1 Å². The largest absolute Gasteiger partial charge is 0.436 e. The Morgan fingerprint density at radius 2 is 1.60 bits per heavy atom. The van der Waals surface area contributed by atoms with Crippen LogP contribution in [-0.4, -0.2) is 129 Å². The zero-order chi connectivity index (χ0) is 36.4. The molecule has 52 heavy (non-hydrogen) atoms. The first-order valence-corrected chi connectivity index (χ1v) is 18.7. The number of piperidine rings is 3. The lowest BCUT2D eigenvalue weighted by Gasteiger charge is -2.44. The highest BCUT2D eigenvalue weighted by atomic mass is 16.6. The van der Waals surface area contributed by atoms with Crippen LogP contribution in [0.1, 0.15) is 55.2 Å². The number of hydrogen-bond acceptors (Lipinski definition) is 8. The van der Waals surface area contributed by atoms with Crippen LogP contribution in [0.3, 0.4) is 0 Å². The number of aliphatic hydroxyl groups excluding tert-OH is 1. The molecule has 1 aromatic heterocycles. The van der Waals surface area contributed by atoms with Gasteiger partial charge in [0.25, 0.3) is 5.91 Å². The number of carbonyl (C=O) groups is 3. The number of anilines is 1. The van der Waals surface area contributed by atoms with Crippen LogP contribution in [0.15, 0.2) is 53.3 Å². The summed E-state index contributed by atoms with van der Waals surface area (Å²) < 4.78 is 6.11. The quantitative estimate of drug-likeness (QED) is 0.291. The van der Waals surface area contributed by atoms with Gasteiger partial charge < -0.3 is 44.9 Å². The molecule has 0 saturated carbocycles. The number of pyridine rings is 1. The van der Waals surface area contributed by atoms with Crippen molar-refractivity contribution in [1.29, 1.82) is 0 Å². The molecule has 4 N–H and O–H groups in total. The number of para-hydroxylation sites is 1. The summed E-state index contributed by atoms with van der Waals surface area (Å²) in [6.45, 7) is 5.58. The number of amides is 4. The topological polar surface area (TPSA) is 159 Å². The highest BCUT2D eigenvalue weighted by Crippen LogP contribution is 2.29. The molecule has 1 atom stereocenters. The summed E-state index contributed by atoms with van der Waals surface area (Å²) >= 11 is 0. The van der Waals surface area contributed by atoms with E-state index in [-0.39, 0.29) is 42.6 Å². The first kappa shape index (κ1) is 35.9. The number of fused-ring (bicyclic) bond motifs is 2. The fourth-order valence-electron chi connectivity index (χ4n) is 8.45. The number of benzene rings is 2. The Kier molecular flexibility index (Phi) is 10.5. The number of H-pyrrole nitrogens is 1. The molecule has 3 aromatic rings. The van der Waals surface area contributed by atoms with Crippen molar-refractivity contribution < 1.29 is 29.3 Å². The van der Waals surface area contributed by atoms with E-state index >= 15 is 0 Å². The fourth-order valence-corrected chi connectivity index (χ4v) is 8.45. The second-order valence-corrected chi connectivity index (χ2v) is 15.0. The number of ether oxygens (including phenoxy) is 1. The van der Waals surface area contributed by atoms with Gasteiger partial charge in [-0.2, -0.15) is 0 Å². The van der Waals surface area contributed by atoms with Crippen molar-refractivity contribution in [3.8, 4) is 0 Å². The molecule has 13 nitrogen and oxygen atoms in total. The smallest absolute Gasteiger partial charge is 0.410 e. The third-order valence-corrected chi connectivity index (χ3v) is 11.6. The third kappa shape index (κ3) is 7.81. The van der Waals surface area contributed by atoms with E-state index in [1.807, 2.05) is 48.2 Å². The summed E-state index contributed by atoms with van der Waals surface area (Å²) in [6, 6.07) is 15.1. The molecule has 4 aliphatic heterocycles. The number of aromatic amines is 1. The standard InChI is InChI=1S/C39H50N6O7/c1-26-22-27(23-29-6-7-34(47)41-35(26)29)24-33(36(48)43-15-9-30(10-16-43)42-20-13-39(51,25-46)14-21-42)52-38(50)44-17-11-31(12-18-44)45-19-8-28-4-2-3-5-32(28)40-37(45)49/h2-7,22-23,30-31,33,46,51H,8-21,24-25H2,1H3,(H,40,49)(H,41,47)/t33-/m1/s1. The average Bonchev–Trinajstić information content (AvgIpc) is 3.33. The molecule has 4 aliphatic rings. The van der Waals surface area contributed by atoms with E-state index in [9.17, 15) is 29.4 Å². The number of likely N-dealkylation sites (tertiary alicyclic amines) is 3. The maximum atomic E-state index is 14.2. The number of hydrogen-bond donors (Lipinski definition) is 4. The van der Waals surface area contributed by atoms with Gasteiger partial charge in [-0.25, -0.2) is 9.59 Å². The zero-order valence-electron chi connectivity index (χ0n) is 29.9. The van der Waals surface area contributed by atoms with Crippen LogP contribution in [0.4, 0.5) is 15.3 Å². The molecule has 2 aromatic carbocycles. The molecule has 0 radical (unpaired) electrons. The van der Waals surface area contributed by atoms with Crippen LogP contribution in [0.25, 0.3) is 10.9 Å². The van der Waals surface area contributed by atoms with Crippen LogP contribution < -0.4 is 10.9 Å². The number of aryl methyl sites for hydroxylation is 1. The van der Waals surface area contributed by atoms with Gasteiger partial charge in [0.15, 0.2) is 6.10 Å². The lowest BCUT2D eigenvalue weighted by Crippen LogP contribution is -2.54. The Balaban J connectivity index is 1.01. The van der Waals surface area contributed by atoms with Crippen LogP contribution in [0.5, 0.6) is 0 Å². The van der Waals surface area contributed by atoms with Crippen molar-refractivity contribution in [3.05, 3.63) is 75.6 Å². The lowest BCUT2D eigenvalue weighted by atomic mass is 9.90. The van der Waals surface area contributed by atoms with E-state index in [2.05, 4.69) is 15.2 Å². The van der Waals surface area contributed by atoms with Gasteiger partial charge in [0.1, 0.15) is 0 Å². The average molecular weight is 715 g/mol. The van der Waals surface area contributed by atoms with E-state index in [1.165, 1.54) is 6.07 Å². The van der Waals surface area contributed by atoms with E-state index in [0.717, 1.165) is 52.5 Å². The van der Waals surface area contributed by atoms with E-state index in [1.54, 1.807) is 15.9 Å². The van der Waals surface area contributed by atoms with Gasteiger partial charge in [-0.3, -0.25) is 9.59 Å². The molecule has 0 spiro atoms. The number of aromatic nitrogens is 1. The van der Waals surface area contributed by atoms with E-state index < -0.39 is 17.8 Å². The minimum absolute atomic E-state index is 0.0126. The van der Waals surface area contributed by atoms with Gasteiger partial charge in [0.2, 0.25) is 5.56 Å². The molecule has 278 valence electrons. The highest BCUT2D eigenvalue weighted by molar-refractivity contribution is 5.91. The first-order valence-electron chi connectivity index (χ1n) is 18.7. The number of carbonyl (C=O) groups excluding carboxylic acids is 3. The molecule has 3 fully saturated rings. The summed E-state index contributed by atoms with van der Waals surface area (Å²) in [5, 5.41) is 23.9. The Morgan fingerprint density at radius 3 is 2.33 bits per heavy atom. The van der Waals surface area contributed by atoms with Crippen LogP contribution >= 0.6 is 0 Å². The van der Waals surface area contributed by atoms with E-state index in [4.69, 9.17) is 4.74 Å². The predicted molar refractivity (Wildman–Crippen MR) is 196 cm³/mol. The maximum Gasteiger partial charge on any atom is 0.410 e. The number of urea groups is 1. The van der Waals surface area contributed by atoms with Crippen LogP contribution in [-0.2, 0) is 22.4 Å². The van der Waals surface area contributed by atoms with Gasteiger partial charge in [-0.15, -0.1) is 0 Å². The van der Waals surface area contributed by atoms with E-state index in [0.29, 0.717) is 71.5 Å². The Labute approximate surface area is 303 Å². The minimum atomic E-state index is -1.04. The molecule has 0 bridgehead atoms. The SMILES string of the molecule is Cc1cc(C[C@@H](OC(=O)N2CCC(N3CCc4ccccc4NC3=O)CC2)C(=O)N2CCC(N3CCC(O)(CO)CC3)CC2)cc2ccc(=O)[nH]c12. The van der Waals surface area contributed by atoms with Crippen molar-refractivity contribution in [2.45, 2.75) is 82.1 Å². The number of rotatable bonds is 7. The molecule has 0 unspecified atom stereocenters. The summed E-state index contributed by atoms with van der Waals surface area (Å²) in [5.74, 6) is -0.227. The Hall–Kier alpha value is -4.46. The summed E-state index contributed by atoms with van der Waals surface area (Å²) in [7, 11) is 0. The fraction of sp³-hybridized carbons (Fsp3) is 0.538. The Bertz CT molecular complexity index is 1840. The van der Waals surface area contributed by atoms with Gasteiger partial charge in [-0.1, -0.05) is 24.3 Å². The number of aliphatic hydroxyl groups is 2. The van der Waals surface area contributed by atoms with Crippen molar-refractivity contribution >= 4 is 34.6 Å². The molecule has 0 aliphatic carbocycles. The molecule has 5 heterocycles. The molecule has 13 heteroatoms. The van der Waals surface area contributed by atoms with Crippen molar-refractivity contribution in [2.24, 2.45) is 0 Å². The summed E-state index contributed by atoms with van der Waals surface area (Å²) in [4.78, 5) is 63.6. The lowest BCUT2D eigenvalue weighted by molar-refractivity contribution is -0.143. The van der Waals surface area contributed by atoms with Crippen LogP contribution in [0, 0.1) is 6.92 Å². The Morgan fingerprint density at radius 1 is 0.904 bits per heavy atom. The zero-order valence-corrected chi connectivity index (χ0v) is 29.9. The predicted octanol–water partition coefficient (Wildman–Crippen LogP) is 3.25. The molecule has 7 rings (SSSR count). The van der Waals surface area contributed by atoms with Crippen molar-refractivity contribution in [1.82, 2.24) is 24.6 Å². The van der Waals surface area contributed by atoms with Crippen molar-refractivity contribution in [3.63, 3.8) is 0 Å². The van der Waals surface area contributed by atoms with Gasteiger partial charge in [0, 0.05) is 76.1 Å². The molecular weight excluding hydrogens is 664 g/mol. The normalized spacial score (nSPS) is 21.0. The molecule has 3 saturated heterocycles. The summed E-state index contributed by atoms with van der Waals surface area (Å²) in [5.41, 5.74) is 3.18. The monoisotopic (exact) mass is 714 g/mol. The number of nitrogens with one attached hydrogen (secondary N) is 2. The highest BCUT2D eigenvalue weighted by Gasteiger charge is 2.38. The van der Waals surface area contributed by atoms with Crippen LogP contribution in [0.2, 0.25) is 0 Å². The van der Waals surface area contributed by atoms with Gasteiger partial charge in [0.05, 0.1) is 17.7 Å². The summed E-state index contributed by atoms with van der Waals surface area (Å²) in [6.07, 6.45) is 3.19. The second kappa shape index (κ2) is 15.3. The maximum absolute atomic E-state index is 14.2. The second-order valence-electron chi connectivity index (χ2n) is 15.0. The number of nitrogens with zero attached hydrogens (tertiary/aromatic N) is 4. The molecule has 4 amide bonds. The first-order chi connectivity index (χ1) is 25.1. The molecular formula is C39H50N6O7. The van der Waals surface area contributed by atoms with Crippen molar-refractivity contribution in [2.75, 3.05) is 57.7 Å². The third-order valence-electron chi connectivity index (χ3n) is 11.6.